The first-order valence-corrected chi connectivity index (χ1v) is 8.92. The van der Waals surface area contributed by atoms with Crippen LogP contribution in [0.1, 0.15) is 17.5 Å². The fraction of sp³-hybridized carbons (Fsp3) is 0.286. The van der Waals surface area contributed by atoms with Crippen molar-refractivity contribution in [1.29, 1.82) is 0 Å². The lowest BCUT2D eigenvalue weighted by Gasteiger charge is -2.17. The van der Waals surface area contributed by atoms with Crippen LogP contribution in [-0.2, 0) is 27.3 Å². The van der Waals surface area contributed by atoms with Gasteiger partial charge in [-0.3, -0.25) is 9.59 Å². The highest BCUT2D eigenvalue weighted by atomic mass is 16.5. The Morgan fingerprint density at radius 2 is 1.68 bits per heavy atom. The van der Waals surface area contributed by atoms with Crippen molar-refractivity contribution < 1.29 is 24.2 Å². The van der Waals surface area contributed by atoms with Gasteiger partial charge in [-0.05, 0) is 23.3 Å². The zero-order chi connectivity index (χ0) is 20.4. The lowest BCUT2D eigenvalue weighted by Crippen LogP contribution is -2.32. The third-order valence-corrected chi connectivity index (χ3v) is 4.00. The molecular weight excluding hydrogens is 360 g/mol. The fourth-order valence-electron chi connectivity index (χ4n) is 2.54. The number of nitrogens with one attached hydrogen (secondary N) is 1. The predicted octanol–water partition coefficient (Wildman–Crippen LogP) is 1.86. The molecule has 7 heteroatoms. The molecule has 148 valence electrons. The average Bonchev–Trinajstić information content (AvgIpc) is 2.68. The number of hydrogen-bond acceptors (Lipinski definition) is 4. The van der Waals surface area contributed by atoms with Gasteiger partial charge in [0, 0.05) is 26.6 Å². The molecule has 0 saturated heterocycles. The molecule has 0 bridgehead atoms. The summed E-state index contributed by atoms with van der Waals surface area (Å²) in [5, 5.41) is 11.4. The summed E-state index contributed by atoms with van der Waals surface area (Å²) in [6, 6.07) is 16.3. The lowest BCUT2D eigenvalue weighted by atomic mass is 10.1. The van der Waals surface area contributed by atoms with E-state index in [9.17, 15) is 14.4 Å². The molecule has 28 heavy (non-hydrogen) atoms. The number of nitrogens with zero attached hydrogens (tertiary/aromatic N) is 1. The minimum Gasteiger partial charge on any atom is -0.482 e. The number of benzene rings is 2. The van der Waals surface area contributed by atoms with Gasteiger partial charge < -0.3 is 20.1 Å². The van der Waals surface area contributed by atoms with Crippen LogP contribution in [0.15, 0.2) is 54.6 Å². The molecule has 2 N–H and O–H groups in total. The van der Waals surface area contributed by atoms with E-state index in [2.05, 4.69) is 5.32 Å². The second-order valence-corrected chi connectivity index (χ2v) is 6.34. The monoisotopic (exact) mass is 384 g/mol. The standard InChI is InChI=1S/C21H24N2O5/c1-23(14-17-7-9-18(10-8-17)28-15-21(26)27)20(25)11-12-22-19(24)13-16-5-3-2-4-6-16/h2-10H,11-15H2,1H3,(H,22,24)(H,26,27). The highest BCUT2D eigenvalue weighted by Gasteiger charge is 2.10. The van der Waals surface area contributed by atoms with Crippen LogP contribution >= 0.6 is 0 Å². The summed E-state index contributed by atoms with van der Waals surface area (Å²) in [7, 11) is 1.70. The molecule has 2 aromatic rings. The van der Waals surface area contributed by atoms with Crippen molar-refractivity contribution >= 4 is 17.8 Å². The van der Waals surface area contributed by atoms with Crippen LogP contribution in [0.4, 0.5) is 0 Å². The first-order chi connectivity index (χ1) is 13.4. The van der Waals surface area contributed by atoms with Crippen LogP contribution < -0.4 is 10.1 Å². The summed E-state index contributed by atoms with van der Waals surface area (Å²) in [5.41, 5.74) is 1.82. The summed E-state index contributed by atoms with van der Waals surface area (Å²) >= 11 is 0. The number of carboxylic acids is 1. The van der Waals surface area contributed by atoms with Crippen molar-refractivity contribution in [3.8, 4) is 5.75 Å². The normalized spacial score (nSPS) is 10.2. The van der Waals surface area contributed by atoms with Crippen molar-refractivity contribution in [2.45, 2.75) is 19.4 Å². The third-order valence-electron chi connectivity index (χ3n) is 4.00. The highest BCUT2D eigenvalue weighted by molar-refractivity contribution is 5.80. The van der Waals surface area contributed by atoms with Gasteiger partial charge in [-0.25, -0.2) is 4.79 Å². The topological polar surface area (TPSA) is 95.9 Å². The Labute approximate surface area is 163 Å². The van der Waals surface area contributed by atoms with Gasteiger partial charge in [0.1, 0.15) is 5.75 Å². The smallest absolute Gasteiger partial charge is 0.341 e. The Morgan fingerprint density at radius 1 is 1.00 bits per heavy atom. The van der Waals surface area contributed by atoms with E-state index < -0.39 is 12.6 Å². The van der Waals surface area contributed by atoms with E-state index in [1.165, 1.54) is 0 Å². The zero-order valence-corrected chi connectivity index (χ0v) is 15.8. The SMILES string of the molecule is CN(Cc1ccc(OCC(=O)O)cc1)C(=O)CCNC(=O)Cc1ccccc1. The molecule has 2 rings (SSSR count). The molecule has 0 aromatic heterocycles. The maximum absolute atomic E-state index is 12.2. The van der Waals surface area contributed by atoms with E-state index in [-0.39, 0.29) is 24.8 Å². The van der Waals surface area contributed by atoms with Crippen molar-refractivity contribution in [3.05, 3.63) is 65.7 Å². The molecule has 0 radical (unpaired) electrons. The molecule has 2 aromatic carbocycles. The molecule has 0 fully saturated rings. The van der Waals surface area contributed by atoms with Gasteiger partial charge in [0.2, 0.25) is 11.8 Å². The molecular formula is C21H24N2O5. The number of amides is 2. The lowest BCUT2D eigenvalue weighted by molar-refractivity contribution is -0.139. The molecule has 0 heterocycles. The van der Waals surface area contributed by atoms with Crippen molar-refractivity contribution in [2.24, 2.45) is 0 Å². The largest absolute Gasteiger partial charge is 0.482 e. The number of ether oxygens (including phenoxy) is 1. The van der Waals surface area contributed by atoms with Crippen LogP contribution in [0.5, 0.6) is 5.75 Å². The quantitative estimate of drug-likeness (QED) is 0.652. The van der Waals surface area contributed by atoms with Crippen LogP contribution in [0.3, 0.4) is 0 Å². The molecule has 0 atom stereocenters. The second-order valence-electron chi connectivity index (χ2n) is 6.34. The molecule has 0 aliphatic heterocycles. The number of carbonyl (C=O) groups is 3. The second kappa shape index (κ2) is 10.7. The van der Waals surface area contributed by atoms with Crippen molar-refractivity contribution in [2.75, 3.05) is 20.2 Å². The Balaban J connectivity index is 1.70. The van der Waals surface area contributed by atoms with Gasteiger partial charge in [0.15, 0.2) is 6.61 Å². The van der Waals surface area contributed by atoms with Gasteiger partial charge in [-0.2, -0.15) is 0 Å². The predicted molar refractivity (Wildman–Crippen MR) is 104 cm³/mol. The van der Waals surface area contributed by atoms with Crippen molar-refractivity contribution in [1.82, 2.24) is 10.2 Å². The highest BCUT2D eigenvalue weighted by Crippen LogP contribution is 2.13. The van der Waals surface area contributed by atoms with Crippen LogP contribution in [0.25, 0.3) is 0 Å². The molecule has 0 spiro atoms. The van der Waals surface area contributed by atoms with Gasteiger partial charge in [0.05, 0.1) is 6.42 Å². The van der Waals surface area contributed by atoms with E-state index in [0.29, 0.717) is 18.7 Å². The fourth-order valence-corrected chi connectivity index (χ4v) is 2.54. The summed E-state index contributed by atoms with van der Waals surface area (Å²) in [4.78, 5) is 36.2. The van der Waals surface area contributed by atoms with Crippen molar-refractivity contribution in [3.63, 3.8) is 0 Å². The van der Waals surface area contributed by atoms with Gasteiger partial charge >= 0.3 is 5.97 Å². The Hall–Kier alpha value is -3.35. The van der Waals surface area contributed by atoms with Gasteiger partial charge in [-0.15, -0.1) is 0 Å². The number of carbonyl (C=O) groups excluding carboxylic acids is 2. The average molecular weight is 384 g/mol. The maximum Gasteiger partial charge on any atom is 0.341 e. The maximum atomic E-state index is 12.2. The first-order valence-electron chi connectivity index (χ1n) is 8.92. The molecule has 0 saturated carbocycles. The Kier molecular flexibility index (Phi) is 8.02. The van der Waals surface area contributed by atoms with E-state index in [1.54, 1.807) is 36.2 Å². The van der Waals surface area contributed by atoms with Crippen LogP contribution in [0.2, 0.25) is 0 Å². The molecule has 0 aliphatic carbocycles. The number of aliphatic carboxylic acids is 1. The number of hydrogen-bond donors (Lipinski definition) is 2. The number of carboxylic acid groups (broad SMARTS) is 1. The van der Waals surface area contributed by atoms with Gasteiger partial charge in [0.25, 0.3) is 0 Å². The van der Waals surface area contributed by atoms with E-state index >= 15 is 0 Å². The zero-order valence-electron chi connectivity index (χ0n) is 15.8. The van der Waals surface area contributed by atoms with Gasteiger partial charge in [-0.1, -0.05) is 42.5 Å². The first kappa shape index (κ1) is 21.0. The summed E-state index contributed by atoms with van der Waals surface area (Å²) in [6.45, 7) is 0.306. The Bertz CT molecular complexity index is 790. The molecule has 0 aliphatic rings. The molecule has 7 nitrogen and oxygen atoms in total. The summed E-state index contributed by atoms with van der Waals surface area (Å²) in [5.74, 6) is -0.767. The minimum atomic E-state index is -1.04. The minimum absolute atomic E-state index is 0.0776. The summed E-state index contributed by atoms with van der Waals surface area (Å²) in [6.07, 6.45) is 0.512. The van der Waals surface area contributed by atoms with Crippen LogP contribution in [0, 0.1) is 0 Å². The summed E-state index contributed by atoms with van der Waals surface area (Å²) < 4.78 is 5.07. The molecule has 0 unspecified atom stereocenters. The van der Waals surface area contributed by atoms with E-state index in [1.807, 2.05) is 30.3 Å². The Morgan fingerprint density at radius 3 is 2.32 bits per heavy atom. The third kappa shape index (κ3) is 7.49. The van der Waals surface area contributed by atoms with Crippen LogP contribution in [-0.4, -0.2) is 48.0 Å². The molecule has 2 amide bonds. The van der Waals surface area contributed by atoms with E-state index in [4.69, 9.17) is 9.84 Å². The number of rotatable bonds is 10. The van der Waals surface area contributed by atoms with E-state index in [0.717, 1.165) is 11.1 Å².